The first-order valence-corrected chi connectivity index (χ1v) is 8.66. The number of amides is 1. The van der Waals surface area contributed by atoms with Crippen molar-refractivity contribution in [3.05, 3.63) is 29.6 Å². The molecule has 0 fully saturated rings. The van der Waals surface area contributed by atoms with Crippen LogP contribution >= 0.6 is 0 Å². The van der Waals surface area contributed by atoms with Gasteiger partial charge < -0.3 is 9.84 Å². The standard InChI is InChI=1S/C19H21N5O2/c1-4-6-10-19(23-24-19)11-9-17(25)20-15-12-14(8-7-13(15)3)18-21-16(5-2)22-26-18/h1,7-8,12H,5-6,9-11H2,2-3H3,(H,20,25). The molecule has 2 aromatic rings. The molecule has 7 heteroatoms. The van der Waals surface area contributed by atoms with E-state index >= 15 is 0 Å². The Morgan fingerprint density at radius 2 is 2.15 bits per heavy atom. The molecule has 0 saturated heterocycles. The van der Waals surface area contributed by atoms with Crippen molar-refractivity contribution < 1.29 is 9.32 Å². The normalized spacial score (nSPS) is 14.0. The average Bonchev–Trinajstić information content (AvgIpc) is 3.25. The second-order valence-electron chi connectivity index (χ2n) is 6.33. The minimum absolute atomic E-state index is 0.0811. The zero-order valence-corrected chi connectivity index (χ0v) is 15.0. The number of nitrogens with zero attached hydrogens (tertiary/aromatic N) is 4. The number of hydrogen-bond donors (Lipinski definition) is 1. The second kappa shape index (κ2) is 7.48. The van der Waals surface area contributed by atoms with Crippen LogP contribution in [0.1, 0.15) is 44.0 Å². The van der Waals surface area contributed by atoms with E-state index in [1.807, 2.05) is 32.0 Å². The van der Waals surface area contributed by atoms with Crippen molar-refractivity contribution in [1.29, 1.82) is 0 Å². The lowest BCUT2D eigenvalue weighted by molar-refractivity contribution is -0.116. The van der Waals surface area contributed by atoms with Crippen LogP contribution in [0.2, 0.25) is 0 Å². The quantitative estimate of drug-likeness (QED) is 0.730. The van der Waals surface area contributed by atoms with Crippen LogP contribution in [0.15, 0.2) is 33.0 Å². The summed E-state index contributed by atoms with van der Waals surface area (Å²) >= 11 is 0. The molecule has 1 aromatic carbocycles. The van der Waals surface area contributed by atoms with Gasteiger partial charge in [0.25, 0.3) is 5.89 Å². The van der Waals surface area contributed by atoms with Gasteiger partial charge in [-0.15, -0.1) is 12.3 Å². The van der Waals surface area contributed by atoms with Crippen molar-refractivity contribution in [3.63, 3.8) is 0 Å². The van der Waals surface area contributed by atoms with Gasteiger partial charge in [0.2, 0.25) is 5.91 Å². The summed E-state index contributed by atoms with van der Waals surface area (Å²) in [6.45, 7) is 3.90. The van der Waals surface area contributed by atoms with E-state index in [1.165, 1.54) is 0 Å². The smallest absolute Gasteiger partial charge is 0.257 e. The van der Waals surface area contributed by atoms with E-state index in [1.54, 1.807) is 0 Å². The van der Waals surface area contributed by atoms with Gasteiger partial charge in [0, 0.05) is 43.4 Å². The Hall–Kier alpha value is -3.01. The highest BCUT2D eigenvalue weighted by atomic mass is 16.5. The summed E-state index contributed by atoms with van der Waals surface area (Å²) in [5, 5.41) is 15.0. The number of carbonyl (C=O) groups is 1. The third kappa shape index (κ3) is 4.14. The number of aryl methyl sites for hydroxylation is 2. The Labute approximate surface area is 152 Å². The highest BCUT2D eigenvalue weighted by molar-refractivity contribution is 5.92. The van der Waals surface area contributed by atoms with Gasteiger partial charge in [-0.1, -0.05) is 18.1 Å². The molecule has 3 rings (SSSR count). The number of carbonyl (C=O) groups excluding carboxylic acids is 1. The van der Waals surface area contributed by atoms with Crippen molar-refractivity contribution in [2.24, 2.45) is 10.2 Å². The number of nitrogens with one attached hydrogen (secondary N) is 1. The van der Waals surface area contributed by atoms with E-state index < -0.39 is 5.66 Å². The van der Waals surface area contributed by atoms with Gasteiger partial charge in [0.15, 0.2) is 11.5 Å². The molecule has 0 atom stereocenters. The molecule has 0 bridgehead atoms. The molecule has 26 heavy (non-hydrogen) atoms. The van der Waals surface area contributed by atoms with Gasteiger partial charge in [-0.05, 0) is 24.6 Å². The molecule has 1 N–H and O–H groups in total. The number of anilines is 1. The Kier molecular flexibility index (Phi) is 5.12. The van der Waals surface area contributed by atoms with Crippen molar-refractivity contribution in [2.75, 3.05) is 5.32 Å². The molecule has 134 valence electrons. The SMILES string of the molecule is C#CCCC1(CCC(=O)Nc2cc(-c3nc(CC)no3)ccc2C)N=N1. The summed E-state index contributed by atoms with van der Waals surface area (Å²) in [5.41, 5.74) is 2.02. The Morgan fingerprint density at radius 3 is 2.81 bits per heavy atom. The molecule has 7 nitrogen and oxygen atoms in total. The van der Waals surface area contributed by atoms with Gasteiger partial charge in [0.1, 0.15) is 0 Å². The fourth-order valence-electron chi connectivity index (χ4n) is 2.60. The summed E-state index contributed by atoms with van der Waals surface area (Å²) in [6.07, 6.45) is 8.20. The number of benzene rings is 1. The molecule has 1 aliphatic heterocycles. The lowest BCUT2D eigenvalue weighted by atomic mass is 10.0. The van der Waals surface area contributed by atoms with E-state index in [9.17, 15) is 4.79 Å². The summed E-state index contributed by atoms with van der Waals surface area (Å²) in [6, 6.07) is 5.66. The van der Waals surface area contributed by atoms with Crippen LogP contribution < -0.4 is 5.32 Å². The topological polar surface area (TPSA) is 92.7 Å². The molecule has 0 saturated carbocycles. The molecule has 2 heterocycles. The van der Waals surface area contributed by atoms with Gasteiger partial charge in [-0.25, -0.2) is 0 Å². The van der Waals surface area contributed by atoms with E-state index in [4.69, 9.17) is 10.9 Å². The summed E-state index contributed by atoms with van der Waals surface area (Å²) < 4.78 is 5.26. The highest BCUT2D eigenvalue weighted by Gasteiger charge is 2.39. The number of terminal acetylenes is 1. The Bertz CT molecular complexity index is 872. The van der Waals surface area contributed by atoms with E-state index in [0.29, 0.717) is 43.8 Å². The summed E-state index contributed by atoms with van der Waals surface area (Å²) in [5.74, 6) is 3.60. The minimum Gasteiger partial charge on any atom is -0.334 e. The molecule has 0 aliphatic carbocycles. The first-order valence-electron chi connectivity index (χ1n) is 8.66. The minimum atomic E-state index is -0.444. The molecule has 1 aliphatic rings. The van der Waals surface area contributed by atoms with Crippen LogP contribution in [-0.2, 0) is 11.2 Å². The molecular formula is C19H21N5O2. The zero-order valence-electron chi connectivity index (χ0n) is 15.0. The molecular weight excluding hydrogens is 330 g/mol. The third-order valence-corrected chi connectivity index (χ3v) is 4.35. The van der Waals surface area contributed by atoms with Crippen LogP contribution in [0.4, 0.5) is 5.69 Å². The monoisotopic (exact) mass is 351 g/mol. The number of rotatable bonds is 8. The molecule has 0 spiro atoms. The third-order valence-electron chi connectivity index (χ3n) is 4.35. The van der Waals surface area contributed by atoms with Crippen molar-refractivity contribution in [2.45, 2.75) is 51.6 Å². The van der Waals surface area contributed by atoms with Crippen LogP contribution in [0.5, 0.6) is 0 Å². The first kappa shape index (κ1) is 17.8. The van der Waals surface area contributed by atoms with E-state index in [-0.39, 0.29) is 5.91 Å². The van der Waals surface area contributed by atoms with Crippen molar-refractivity contribution in [3.8, 4) is 23.8 Å². The lowest BCUT2D eigenvalue weighted by Gasteiger charge is -2.11. The van der Waals surface area contributed by atoms with Crippen LogP contribution in [-0.4, -0.2) is 21.7 Å². The second-order valence-corrected chi connectivity index (χ2v) is 6.33. The van der Waals surface area contributed by atoms with Crippen LogP contribution in [0.3, 0.4) is 0 Å². The van der Waals surface area contributed by atoms with E-state index in [2.05, 4.69) is 31.6 Å². The zero-order chi connectivity index (χ0) is 18.6. The molecule has 0 unspecified atom stereocenters. The highest BCUT2D eigenvalue weighted by Crippen LogP contribution is 2.37. The maximum absolute atomic E-state index is 12.3. The van der Waals surface area contributed by atoms with Gasteiger partial charge in [0.05, 0.1) is 0 Å². The van der Waals surface area contributed by atoms with Crippen molar-refractivity contribution in [1.82, 2.24) is 10.1 Å². The molecule has 1 aromatic heterocycles. The molecule has 1 amide bonds. The predicted octanol–water partition coefficient (Wildman–Crippen LogP) is 3.90. The maximum atomic E-state index is 12.3. The van der Waals surface area contributed by atoms with Gasteiger partial charge in [-0.3, -0.25) is 4.79 Å². The average molecular weight is 351 g/mol. The number of aromatic nitrogens is 2. The Morgan fingerprint density at radius 1 is 1.35 bits per heavy atom. The lowest BCUT2D eigenvalue weighted by Crippen LogP contribution is -2.18. The van der Waals surface area contributed by atoms with Gasteiger partial charge in [-0.2, -0.15) is 15.2 Å². The summed E-state index contributed by atoms with van der Waals surface area (Å²) in [7, 11) is 0. The van der Waals surface area contributed by atoms with E-state index in [0.717, 1.165) is 16.8 Å². The van der Waals surface area contributed by atoms with Gasteiger partial charge >= 0.3 is 0 Å². The Balaban J connectivity index is 1.63. The molecule has 0 radical (unpaired) electrons. The maximum Gasteiger partial charge on any atom is 0.257 e. The first-order chi connectivity index (χ1) is 12.5. The van der Waals surface area contributed by atoms with Crippen LogP contribution in [0, 0.1) is 19.3 Å². The van der Waals surface area contributed by atoms with Crippen LogP contribution in [0.25, 0.3) is 11.5 Å². The van der Waals surface area contributed by atoms with Crippen molar-refractivity contribution >= 4 is 11.6 Å². The largest absolute Gasteiger partial charge is 0.334 e. The summed E-state index contributed by atoms with van der Waals surface area (Å²) in [4.78, 5) is 16.6. The predicted molar refractivity (Wildman–Crippen MR) is 97.4 cm³/mol. The fourth-order valence-corrected chi connectivity index (χ4v) is 2.60. The number of hydrogen-bond acceptors (Lipinski definition) is 6. The fraction of sp³-hybridized carbons (Fsp3) is 0.421.